The lowest BCUT2D eigenvalue weighted by molar-refractivity contribution is -0.133. The Morgan fingerprint density at radius 2 is 2.26 bits per heavy atom. The first-order chi connectivity index (χ1) is 11.2. The van der Waals surface area contributed by atoms with Crippen LogP contribution in [0.2, 0.25) is 0 Å². The SMILES string of the molecule is CNc1cc2c(nn1)CCN(C(=O)[C@@H]1C[C@H]1c1ccc(C)s1)C2. The van der Waals surface area contributed by atoms with Crippen molar-refractivity contribution in [1.29, 1.82) is 0 Å². The molecule has 0 aromatic carbocycles. The summed E-state index contributed by atoms with van der Waals surface area (Å²) >= 11 is 1.82. The third kappa shape index (κ3) is 2.72. The van der Waals surface area contributed by atoms with Crippen LogP contribution in [-0.4, -0.2) is 34.6 Å². The van der Waals surface area contributed by atoms with E-state index in [0.717, 1.165) is 36.5 Å². The molecule has 1 aliphatic carbocycles. The number of amides is 1. The predicted molar refractivity (Wildman–Crippen MR) is 90.6 cm³/mol. The molecule has 6 heteroatoms. The molecular weight excluding hydrogens is 308 g/mol. The summed E-state index contributed by atoms with van der Waals surface area (Å²) in [6, 6.07) is 6.34. The fraction of sp³-hybridized carbons (Fsp3) is 0.471. The van der Waals surface area contributed by atoms with Gasteiger partial charge in [-0.15, -0.1) is 16.4 Å². The van der Waals surface area contributed by atoms with Crippen LogP contribution >= 0.6 is 11.3 Å². The van der Waals surface area contributed by atoms with Crippen molar-refractivity contribution in [2.45, 2.75) is 32.2 Å². The van der Waals surface area contributed by atoms with E-state index in [1.54, 1.807) is 0 Å². The molecule has 2 atom stereocenters. The molecule has 1 fully saturated rings. The lowest BCUT2D eigenvalue weighted by Crippen LogP contribution is -2.37. The number of hydrogen-bond acceptors (Lipinski definition) is 5. The Morgan fingerprint density at radius 3 is 3.00 bits per heavy atom. The second-order valence-corrected chi connectivity index (χ2v) is 7.68. The summed E-state index contributed by atoms with van der Waals surface area (Å²) in [7, 11) is 1.83. The lowest BCUT2D eigenvalue weighted by atomic mass is 10.1. The predicted octanol–water partition coefficient (Wildman–Crippen LogP) is 2.58. The van der Waals surface area contributed by atoms with Crippen molar-refractivity contribution in [1.82, 2.24) is 15.1 Å². The van der Waals surface area contributed by atoms with Crippen LogP contribution in [0.3, 0.4) is 0 Å². The summed E-state index contributed by atoms with van der Waals surface area (Å²) in [5, 5.41) is 11.4. The van der Waals surface area contributed by atoms with E-state index in [1.807, 2.05) is 29.4 Å². The molecule has 120 valence electrons. The first kappa shape index (κ1) is 14.6. The minimum atomic E-state index is 0.174. The maximum atomic E-state index is 12.8. The number of nitrogens with zero attached hydrogens (tertiary/aromatic N) is 3. The molecule has 2 aromatic rings. The molecule has 1 saturated carbocycles. The Hall–Kier alpha value is -1.95. The van der Waals surface area contributed by atoms with Crippen molar-refractivity contribution in [3.05, 3.63) is 39.2 Å². The molecule has 4 rings (SSSR count). The van der Waals surface area contributed by atoms with E-state index in [2.05, 4.69) is 34.6 Å². The normalized spacial score (nSPS) is 22.6. The monoisotopic (exact) mass is 328 g/mol. The summed E-state index contributed by atoms with van der Waals surface area (Å²) in [4.78, 5) is 17.5. The van der Waals surface area contributed by atoms with Gasteiger partial charge >= 0.3 is 0 Å². The maximum Gasteiger partial charge on any atom is 0.226 e. The van der Waals surface area contributed by atoms with Gasteiger partial charge in [0.05, 0.1) is 5.69 Å². The number of nitrogens with one attached hydrogen (secondary N) is 1. The van der Waals surface area contributed by atoms with Gasteiger partial charge in [-0.25, -0.2) is 0 Å². The summed E-state index contributed by atoms with van der Waals surface area (Å²) in [6.07, 6.45) is 1.80. The van der Waals surface area contributed by atoms with E-state index in [0.29, 0.717) is 18.4 Å². The van der Waals surface area contributed by atoms with Gasteiger partial charge in [0, 0.05) is 48.1 Å². The minimum Gasteiger partial charge on any atom is -0.372 e. The fourth-order valence-corrected chi connectivity index (χ4v) is 4.36. The number of aryl methyl sites for hydroxylation is 1. The topological polar surface area (TPSA) is 58.1 Å². The molecule has 23 heavy (non-hydrogen) atoms. The van der Waals surface area contributed by atoms with Crippen molar-refractivity contribution >= 4 is 23.1 Å². The quantitative estimate of drug-likeness (QED) is 0.941. The third-order valence-electron chi connectivity index (χ3n) is 4.74. The van der Waals surface area contributed by atoms with Crippen LogP contribution in [0.25, 0.3) is 0 Å². The highest BCUT2D eigenvalue weighted by molar-refractivity contribution is 7.12. The van der Waals surface area contributed by atoms with Gasteiger partial charge in [-0.2, -0.15) is 5.10 Å². The zero-order valence-electron chi connectivity index (χ0n) is 13.4. The first-order valence-corrected chi connectivity index (χ1v) is 8.85. The van der Waals surface area contributed by atoms with E-state index in [4.69, 9.17) is 0 Å². The molecule has 1 N–H and O–H groups in total. The van der Waals surface area contributed by atoms with Gasteiger partial charge in [0.2, 0.25) is 5.91 Å². The Kier molecular flexibility index (Phi) is 3.56. The number of fused-ring (bicyclic) bond motifs is 1. The van der Waals surface area contributed by atoms with Gasteiger partial charge in [-0.3, -0.25) is 4.79 Å². The van der Waals surface area contributed by atoms with Crippen molar-refractivity contribution in [3.63, 3.8) is 0 Å². The Labute approximate surface area is 139 Å². The van der Waals surface area contributed by atoms with Crippen molar-refractivity contribution in [3.8, 4) is 0 Å². The standard InChI is InChI=1S/C17H20N4OS/c1-10-3-4-15(23-10)12-8-13(12)17(22)21-6-5-14-11(9-21)7-16(18-2)20-19-14/h3-4,7,12-13H,5-6,8-9H2,1-2H3,(H,18,20)/t12-,13-/m1/s1. The van der Waals surface area contributed by atoms with Crippen LogP contribution in [-0.2, 0) is 17.8 Å². The molecule has 2 aliphatic rings. The van der Waals surface area contributed by atoms with Crippen LogP contribution in [0.4, 0.5) is 5.82 Å². The van der Waals surface area contributed by atoms with E-state index in [-0.39, 0.29) is 5.92 Å². The lowest BCUT2D eigenvalue weighted by Gasteiger charge is -2.28. The minimum absolute atomic E-state index is 0.174. The smallest absolute Gasteiger partial charge is 0.226 e. The number of anilines is 1. The number of rotatable bonds is 3. The molecule has 1 aliphatic heterocycles. The second-order valence-electron chi connectivity index (χ2n) is 6.36. The van der Waals surface area contributed by atoms with E-state index in [9.17, 15) is 4.79 Å². The summed E-state index contributed by atoms with van der Waals surface area (Å²) in [5.74, 6) is 1.67. The van der Waals surface area contributed by atoms with Crippen LogP contribution in [0, 0.1) is 12.8 Å². The third-order valence-corrected chi connectivity index (χ3v) is 5.87. The second kappa shape index (κ2) is 5.60. The van der Waals surface area contributed by atoms with Gasteiger partial charge in [0.1, 0.15) is 5.82 Å². The summed E-state index contributed by atoms with van der Waals surface area (Å²) in [5.41, 5.74) is 2.14. The molecule has 0 saturated heterocycles. The highest BCUT2D eigenvalue weighted by Gasteiger charge is 2.46. The molecule has 0 bridgehead atoms. The van der Waals surface area contributed by atoms with Crippen LogP contribution in [0.15, 0.2) is 18.2 Å². The molecule has 0 radical (unpaired) electrons. The number of carbonyl (C=O) groups is 1. The summed E-state index contributed by atoms with van der Waals surface area (Å²) in [6.45, 7) is 3.53. The van der Waals surface area contributed by atoms with Crippen molar-refractivity contribution in [2.24, 2.45) is 5.92 Å². The highest BCUT2D eigenvalue weighted by atomic mass is 32.1. The Morgan fingerprint density at radius 1 is 1.39 bits per heavy atom. The van der Waals surface area contributed by atoms with Gasteiger partial charge in [0.15, 0.2) is 0 Å². The van der Waals surface area contributed by atoms with Gasteiger partial charge in [-0.05, 0) is 37.1 Å². The van der Waals surface area contributed by atoms with Crippen molar-refractivity contribution in [2.75, 3.05) is 18.9 Å². The maximum absolute atomic E-state index is 12.8. The molecule has 5 nitrogen and oxygen atoms in total. The average molecular weight is 328 g/mol. The molecular formula is C17H20N4OS. The zero-order chi connectivity index (χ0) is 16.0. The first-order valence-electron chi connectivity index (χ1n) is 8.04. The molecule has 0 spiro atoms. The van der Waals surface area contributed by atoms with Gasteiger partial charge in [-0.1, -0.05) is 0 Å². The Balaban J connectivity index is 1.46. The number of hydrogen-bond donors (Lipinski definition) is 1. The molecule has 2 aromatic heterocycles. The van der Waals surface area contributed by atoms with Crippen LogP contribution in [0.5, 0.6) is 0 Å². The van der Waals surface area contributed by atoms with Gasteiger partial charge < -0.3 is 10.2 Å². The fourth-order valence-electron chi connectivity index (χ4n) is 3.31. The zero-order valence-corrected chi connectivity index (χ0v) is 14.2. The summed E-state index contributed by atoms with van der Waals surface area (Å²) < 4.78 is 0. The number of aromatic nitrogens is 2. The van der Waals surface area contributed by atoms with E-state index >= 15 is 0 Å². The van der Waals surface area contributed by atoms with Crippen LogP contribution in [0.1, 0.15) is 33.4 Å². The molecule has 1 amide bonds. The van der Waals surface area contributed by atoms with Crippen molar-refractivity contribution < 1.29 is 4.79 Å². The number of thiophene rings is 1. The number of carbonyl (C=O) groups excluding carboxylic acids is 1. The van der Waals surface area contributed by atoms with Crippen LogP contribution < -0.4 is 5.32 Å². The van der Waals surface area contributed by atoms with E-state index < -0.39 is 0 Å². The Bertz CT molecular complexity index is 757. The van der Waals surface area contributed by atoms with Gasteiger partial charge in [0.25, 0.3) is 0 Å². The highest BCUT2D eigenvalue weighted by Crippen LogP contribution is 2.50. The molecule has 3 heterocycles. The molecule has 0 unspecified atom stereocenters. The average Bonchev–Trinajstić information content (AvgIpc) is 3.27. The van der Waals surface area contributed by atoms with E-state index in [1.165, 1.54) is 9.75 Å². The largest absolute Gasteiger partial charge is 0.372 e.